The Kier molecular flexibility index (Phi) is 4.94. The highest BCUT2D eigenvalue weighted by molar-refractivity contribution is 7.92. The van der Waals surface area contributed by atoms with Gasteiger partial charge in [0.15, 0.2) is 0 Å². The van der Waals surface area contributed by atoms with E-state index in [1.807, 2.05) is 6.92 Å². The fourth-order valence-corrected chi connectivity index (χ4v) is 2.92. The number of aryl methyl sites for hydroxylation is 1. The lowest BCUT2D eigenvalue weighted by molar-refractivity contribution is -0.144. The molecule has 0 N–H and O–H groups in total. The predicted octanol–water partition coefficient (Wildman–Crippen LogP) is 1.71. The molecule has 1 aromatic carbocycles. The van der Waals surface area contributed by atoms with Gasteiger partial charge >= 0.3 is 5.97 Å². The molecule has 1 rings (SSSR count). The average molecular weight is 285 g/mol. The van der Waals surface area contributed by atoms with Crippen LogP contribution in [0, 0.1) is 6.92 Å². The summed E-state index contributed by atoms with van der Waals surface area (Å²) in [5.41, 5.74) is 1.47. The maximum absolute atomic E-state index is 11.9. The Bertz CT molecular complexity index is 536. The fraction of sp³-hybridized carbons (Fsp3) is 0.462. The van der Waals surface area contributed by atoms with E-state index in [1.54, 1.807) is 31.2 Å². The summed E-state index contributed by atoms with van der Waals surface area (Å²) < 4.78 is 29.7. The summed E-state index contributed by atoms with van der Waals surface area (Å²) in [5.74, 6) is -0.562. The quantitative estimate of drug-likeness (QED) is 0.773. The van der Waals surface area contributed by atoms with Crippen LogP contribution in [0.15, 0.2) is 24.3 Å². The van der Waals surface area contributed by atoms with Gasteiger partial charge in [-0.3, -0.25) is 4.31 Å². The first kappa shape index (κ1) is 15.5. The van der Waals surface area contributed by atoms with Gasteiger partial charge in [-0.1, -0.05) is 17.7 Å². The summed E-state index contributed by atoms with van der Waals surface area (Å²) in [6.45, 7) is 5.32. The molecule has 1 atom stereocenters. The second-order valence-electron chi connectivity index (χ2n) is 4.32. The van der Waals surface area contributed by atoms with Gasteiger partial charge in [-0.15, -0.1) is 0 Å². The van der Waals surface area contributed by atoms with Crippen LogP contribution in [0.25, 0.3) is 0 Å². The van der Waals surface area contributed by atoms with Crippen LogP contribution in [0.4, 0.5) is 5.69 Å². The van der Waals surface area contributed by atoms with E-state index >= 15 is 0 Å². The van der Waals surface area contributed by atoms with Crippen LogP contribution in [0.5, 0.6) is 0 Å². The van der Waals surface area contributed by atoms with Crippen molar-refractivity contribution in [2.45, 2.75) is 26.8 Å². The van der Waals surface area contributed by atoms with Crippen LogP contribution in [0.1, 0.15) is 19.4 Å². The summed E-state index contributed by atoms with van der Waals surface area (Å²) in [4.78, 5) is 11.7. The molecule has 0 aliphatic carbocycles. The highest BCUT2D eigenvalue weighted by Gasteiger charge is 2.29. The van der Waals surface area contributed by atoms with Crippen molar-refractivity contribution in [2.24, 2.45) is 0 Å². The first-order valence-electron chi connectivity index (χ1n) is 6.00. The van der Waals surface area contributed by atoms with Crippen molar-refractivity contribution in [3.8, 4) is 0 Å². The van der Waals surface area contributed by atoms with E-state index in [-0.39, 0.29) is 6.61 Å². The van der Waals surface area contributed by atoms with Crippen LogP contribution in [0.2, 0.25) is 0 Å². The summed E-state index contributed by atoms with van der Waals surface area (Å²) >= 11 is 0. The van der Waals surface area contributed by atoms with Crippen molar-refractivity contribution >= 4 is 21.7 Å². The average Bonchev–Trinajstić information content (AvgIpc) is 2.30. The van der Waals surface area contributed by atoms with Gasteiger partial charge in [-0.2, -0.15) is 0 Å². The van der Waals surface area contributed by atoms with Gasteiger partial charge in [-0.05, 0) is 32.9 Å². The topological polar surface area (TPSA) is 63.7 Å². The molecule has 6 heteroatoms. The Balaban J connectivity index is 3.16. The lowest BCUT2D eigenvalue weighted by atomic mass is 10.2. The van der Waals surface area contributed by atoms with Crippen LogP contribution in [0.3, 0.4) is 0 Å². The number of anilines is 1. The molecular weight excluding hydrogens is 266 g/mol. The van der Waals surface area contributed by atoms with Crippen molar-refractivity contribution in [1.82, 2.24) is 0 Å². The van der Waals surface area contributed by atoms with Crippen molar-refractivity contribution in [3.63, 3.8) is 0 Å². The molecule has 0 unspecified atom stereocenters. The Hall–Kier alpha value is -1.56. The molecule has 19 heavy (non-hydrogen) atoms. The lowest BCUT2D eigenvalue weighted by Gasteiger charge is -2.27. The zero-order valence-corrected chi connectivity index (χ0v) is 12.4. The largest absolute Gasteiger partial charge is 0.464 e. The minimum atomic E-state index is -3.56. The van der Waals surface area contributed by atoms with E-state index in [1.165, 1.54) is 6.92 Å². The van der Waals surface area contributed by atoms with Crippen molar-refractivity contribution in [1.29, 1.82) is 0 Å². The van der Waals surface area contributed by atoms with Gasteiger partial charge in [0, 0.05) is 0 Å². The highest BCUT2D eigenvalue weighted by atomic mass is 32.2. The zero-order chi connectivity index (χ0) is 14.6. The standard InChI is InChI=1S/C13H19NO4S/c1-5-18-13(15)11(3)14(19(4,16)17)12-8-6-10(2)7-9-12/h6-9,11H,5H2,1-4H3/t11-/m1/s1. The lowest BCUT2D eigenvalue weighted by Crippen LogP contribution is -2.43. The van der Waals surface area contributed by atoms with Crippen LogP contribution in [-0.2, 0) is 19.6 Å². The molecule has 0 aliphatic heterocycles. The number of hydrogen-bond donors (Lipinski definition) is 0. The minimum absolute atomic E-state index is 0.217. The highest BCUT2D eigenvalue weighted by Crippen LogP contribution is 2.21. The summed E-state index contributed by atoms with van der Waals surface area (Å²) in [7, 11) is -3.56. The number of rotatable bonds is 5. The number of carbonyl (C=O) groups excluding carboxylic acids is 1. The molecule has 0 amide bonds. The number of esters is 1. The summed E-state index contributed by atoms with van der Waals surface area (Å²) in [6.07, 6.45) is 1.07. The van der Waals surface area contributed by atoms with E-state index in [9.17, 15) is 13.2 Å². The van der Waals surface area contributed by atoms with E-state index in [0.717, 1.165) is 16.1 Å². The van der Waals surface area contributed by atoms with E-state index in [2.05, 4.69) is 0 Å². The number of ether oxygens (including phenoxy) is 1. The molecular formula is C13H19NO4S. The third-order valence-electron chi connectivity index (χ3n) is 2.63. The molecule has 0 bridgehead atoms. The molecule has 106 valence electrons. The number of hydrogen-bond acceptors (Lipinski definition) is 4. The Morgan fingerprint density at radius 2 is 1.84 bits per heavy atom. The molecule has 0 aliphatic rings. The SMILES string of the molecule is CCOC(=O)[C@@H](C)N(c1ccc(C)cc1)S(C)(=O)=O. The van der Waals surface area contributed by atoms with Crippen LogP contribution >= 0.6 is 0 Å². The molecule has 1 aromatic rings. The molecule has 0 radical (unpaired) electrons. The summed E-state index contributed by atoms with van der Waals surface area (Å²) in [5, 5.41) is 0. The fourth-order valence-electron chi connectivity index (χ4n) is 1.75. The van der Waals surface area contributed by atoms with E-state index in [4.69, 9.17) is 4.74 Å². The van der Waals surface area contributed by atoms with Crippen molar-refractivity contribution < 1.29 is 17.9 Å². The molecule has 0 saturated carbocycles. The van der Waals surface area contributed by atoms with Gasteiger partial charge in [0.1, 0.15) is 6.04 Å². The van der Waals surface area contributed by atoms with Gasteiger partial charge < -0.3 is 4.74 Å². The third-order valence-corrected chi connectivity index (χ3v) is 3.87. The Morgan fingerprint density at radius 3 is 2.26 bits per heavy atom. The van der Waals surface area contributed by atoms with Gasteiger partial charge in [0.05, 0.1) is 18.6 Å². The van der Waals surface area contributed by atoms with Crippen LogP contribution in [-0.4, -0.2) is 33.3 Å². The van der Waals surface area contributed by atoms with Crippen LogP contribution < -0.4 is 4.31 Å². The van der Waals surface area contributed by atoms with Gasteiger partial charge in [0.25, 0.3) is 0 Å². The first-order valence-corrected chi connectivity index (χ1v) is 7.85. The minimum Gasteiger partial charge on any atom is -0.464 e. The van der Waals surface area contributed by atoms with Gasteiger partial charge in [0.2, 0.25) is 10.0 Å². The van der Waals surface area contributed by atoms with E-state index < -0.39 is 22.0 Å². The molecule has 0 saturated heterocycles. The molecule has 0 fully saturated rings. The number of carbonyl (C=O) groups is 1. The number of sulfonamides is 1. The predicted molar refractivity (Wildman–Crippen MR) is 74.6 cm³/mol. The molecule has 0 heterocycles. The van der Waals surface area contributed by atoms with Gasteiger partial charge in [-0.25, -0.2) is 13.2 Å². The second-order valence-corrected chi connectivity index (χ2v) is 6.18. The molecule has 0 spiro atoms. The molecule has 0 aromatic heterocycles. The zero-order valence-electron chi connectivity index (χ0n) is 11.6. The maximum Gasteiger partial charge on any atom is 0.329 e. The van der Waals surface area contributed by atoms with E-state index in [0.29, 0.717) is 5.69 Å². The Labute approximate surface area is 114 Å². The second kappa shape index (κ2) is 6.06. The smallest absolute Gasteiger partial charge is 0.329 e. The number of nitrogens with zero attached hydrogens (tertiary/aromatic N) is 1. The molecule has 5 nitrogen and oxygen atoms in total. The summed E-state index contributed by atoms with van der Waals surface area (Å²) in [6, 6.07) is 6.05. The maximum atomic E-state index is 11.9. The Morgan fingerprint density at radius 1 is 1.32 bits per heavy atom. The normalized spacial score (nSPS) is 12.8. The van der Waals surface area contributed by atoms with Crippen molar-refractivity contribution in [3.05, 3.63) is 29.8 Å². The first-order chi connectivity index (χ1) is 8.77. The van der Waals surface area contributed by atoms with Crippen molar-refractivity contribution in [2.75, 3.05) is 17.2 Å². The number of benzene rings is 1. The monoisotopic (exact) mass is 285 g/mol. The third kappa shape index (κ3) is 3.96.